The van der Waals surface area contributed by atoms with Crippen molar-refractivity contribution in [1.29, 1.82) is 0 Å². The zero-order valence-electron chi connectivity index (χ0n) is 17.6. The first-order valence-corrected chi connectivity index (χ1v) is 10.1. The maximum Gasteiger partial charge on any atom is 0.132 e. The second-order valence-corrected chi connectivity index (χ2v) is 10.1. The first kappa shape index (κ1) is 16.9. The van der Waals surface area contributed by atoms with Crippen molar-refractivity contribution in [3.8, 4) is 11.1 Å². The van der Waals surface area contributed by atoms with E-state index in [1.807, 2.05) is 0 Å². The summed E-state index contributed by atoms with van der Waals surface area (Å²) >= 11 is 0. The standard InChI is InChI=1S/C25H30N2/c1-23(2)19-14-10-13-17-16-11-8-9-12-18(16)22-26(7)15-20(27(22)21(17)19)24(3,4)25(23,5)6/h8-15,22H,1-7H3. The van der Waals surface area contributed by atoms with Crippen molar-refractivity contribution in [2.45, 2.75) is 53.1 Å². The molecule has 0 amide bonds. The number of nitrogens with zero attached hydrogens (tertiary/aromatic N) is 2. The van der Waals surface area contributed by atoms with Gasteiger partial charge in [0.1, 0.15) is 6.17 Å². The molecular formula is C25H30N2. The first-order valence-electron chi connectivity index (χ1n) is 10.1. The molecular weight excluding hydrogens is 328 g/mol. The monoisotopic (exact) mass is 358 g/mol. The maximum absolute atomic E-state index is 2.64. The lowest BCUT2D eigenvalue weighted by atomic mass is 9.52. The van der Waals surface area contributed by atoms with E-state index in [0.717, 1.165) is 0 Å². The molecule has 0 fully saturated rings. The number of anilines is 1. The zero-order chi connectivity index (χ0) is 19.4. The summed E-state index contributed by atoms with van der Waals surface area (Å²) < 4.78 is 0. The van der Waals surface area contributed by atoms with Crippen LogP contribution < -0.4 is 4.90 Å². The van der Waals surface area contributed by atoms with Gasteiger partial charge in [-0.3, -0.25) is 0 Å². The molecule has 2 heteroatoms. The third-order valence-electron chi connectivity index (χ3n) is 8.46. The smallest absolute Gasteiger partial charge is 0.132 e. The Balaban J connectivity index is 1.96. The number of hydrogen-bond acceptors (Lipinski definition) is 2. The Labute approximate surface area is 163 Å². The topological polar surface area (TPSA) is 6.48 Å². The van der Waals surface area contributed by atoms with Gasteiger partial charge in [0.2, 0.25) is 0 Å². The van der Waals surface area contributed by atoms with Gasteiger partial charge in [-0.2, -0.15) is 0 Å². The van der Waals surface area contributed by atoms with Gasteiger partial charge in [-0.15, -0.1) is 0 Å². The van der Waals surface area contributed by atoms with Gasteiger partial charge in [-0.25, -0.2) is 0 Å². The van der Waals surface area contributed by atoms with Crippen LogP contribution in [0.2, 0.25) is 0 Å². The molecule has 3 aliphatic heterocycles. The lowest BCUT2D eigenvalue weighted by Gasteiger charge is -2.51. The van der Waals surface area contributed by atoms with Crippen LogP contribution in [0.1, 0.15) is 58.8 Å². The first-order chi connectivity index (χ1) is 12.6. The summed E-state index contributed by atoms with van der Waals surface area (Å²) in [6.07, 6.45) is 2.64. The molecule has 5 rings (SSSR count). The van der Waals surface area contributed by atoms with Gasteiger partial charge in [0, 0.05) is 35.5 Å². The van der Waals surface area contributed by atoms with E-state index in [2.05, 4.69) is 107 Å². The van der Waals surface area contributed by atoms with Crippen LogP contribution in [0, 0.1) is 10.8 Å². The number of fused-ring (bicyclic) bond motifs is 3. The molecule has 0 radical (unpaired) electrons. The molecule has 0 saturated carbocycles. The quantitative estimate of drug-likeness (QED) is 0.545. The number of benzene rings is 2. The molecule has 0 saturated heterocycles. The minimum atomic E-state index is 0.0298. The van der Waals surface area contributed by atoms with E-state index in [4.69, 9.17) is 0 Å². The van der Waals surface area contributed by atoms with Gasteiger partial charge in [-0.1, -0.05) is 84.0 Å². The molecule has 27 heavy (non-hydrogen) atoms. The van der Waals surface area contributed by atoms with Gasteiger partial charge >= 0.3 is 0 Å². The molecule has 0 aromatic heterocycles. The van der Waals surface area contributed by atoms with Crippen LogP contribution >= 0.6 is 0 Å². The Kier molecular flexibility index (Phi) is 3.00. The minimum absolute atomic E-state index is 0.0298. The fraction of sp³-hybridized carbons (Fsp3) is 0.440. The van der Waals surface area contributed by atoms with Crippen LogP contribution in [0.15, 0.2) is 54.4 Å². The van der Waals surface area contributed by atoms with Crippen molar-refractivity contribution in [3.05, 3.63) is 65.5 Å². The summed E-state index contributed by atoms with van der Waals surface area (Å²) in [5, 5.41) is 0. The van der Waals surface area contributed by atoms with E-state index in [-0.39, 0.29) is 22.4 Å². The van der Waals surface area contributed by atoms with Crippen LogP contribution in [-0.4, -0.2) is 11.9 Å². The van der Waals surface area contributed by atoms with Gasteiger partial charge in [0.15, 0.2) is 0 Å². The number of rotatable bonds is 0. The number of hydrogen-bond donors (Lipinski definition) is 0. The highest BCUT2D eigenvalue weighted by Gasteiger charge is 2.58. The Bertz CT molecular complexity index is 993. The zero-order valence-corrected chi connectivity index (χ0v) is 17.6. The predicted octanol–water partition coefficient (Wildman–Crippen LogP) is 6.30. The lowest BCUT2D eigenvalue weighted by Crippen LogP contribution is -2.47. The second-order valence-electron chi connectivity index (χ2n) is 10.1. The van der Waals surface area contributed by atoms with E-state index in [9.17, 15) is 0 Å². The third kappa shape index (κ3) is 1.73. The minimum Gasteiger partial charge on any atom is -0.355 e. The number of para-hydroxylation sites is 1. The highest BCUT2D eigenvalue weighted by molar-refractivity contribution is 5.90. The molecule has 2 aromatic carbocycles. The summed E-state index contributed by atoms with van der Waals surface area (Å²) in [6, 6.07) is 15.9. The van der Waals surface area contributed by atoms with E-state index < -0.39 is 0 Å². The van der Waals surface area contributed by atoms with Gasteiger partial charge in [0.25, 0.3) is 0 Å². The summed E-state index contributed by atoms with van der Waals surface area (Å²) in [5.41, 5.74) is 8.65. The van der Waals surface area contributed by atoms with Crippen molar-refractivity contribution in [2.75, 3.05) is 11.9 Å². The molecule has 1 unspecified atom stereocenters. The lowest BCUT2D eigenvalue weighted by molar-refractivity contribution is 0.0627. The molecule has 140 valence electrons. The highest BCUT2D eigenvalue weighted by Crippen LogP contribution is 2.66. The average Bonchev–Trinajstić information content (AvgIpc) is 2.97. The summed E-state index contributed by atoms with van der Waals surface area (Å²) in [7, 11) is 2.23. The molecule has 0 bridgehead atoms. The predicted molar refractivity (Wildman–Crippen MR) is 114 cm³/mol. The Morgan fingerprint density at radius 1 is 0.778 bits per heavy atom. The van der Waals surface area contributed by atoms with Crippen molar-refractivity contribution in [2.24, 2.45) is 10.8 Å². The van der Waals surface area contributed by atoms with Crippen LogP contribution in [-0.2, 0) is 5.41 Å². The molecule has 1 atom stereocenters. The van der Waals surface area contributed by atoms with Crippen molar-refractivity contribution in [3.63, 3.8) is 0 Å². The summed E-state index contributed by atoms with van der Waals surface area (Å²) in [6.45, 7) is 14.6. The molecule has 2 nitrogen and oxygen atoms in total. The van der Waals surface area contributed by atoms with Gasteiger partial charge < -0.3 is 9.80 Å². The molecule has 0 N–H and O–H groups in total. The summed E-state index contributed by atoms with van der Waals surface area (Å²) in [5.74, 6) is 0. The Morgan fingerprint density at radius 3 is 2.19 bits per heavy atom. The molecule has 3 aliphatic rings. The fourth-order valence-corrected chi connectivity index (χ4v) is 5.63. The van der Waals surface area contributed by atoms with E-state index in [1.54, 1.807) is 0 Å². The Morgan fingerprint density at radius 2 is 1.44 bits per heavy atom. The van der Waals surface area contributed by atoms with E-state index >= 15 is 0 Å². The van der Waals surface area contributed by atoms with Gasteiger partial charge in [-0.05, 0) is 22.0 Å². The second kappa shape index (κ2) is 4.79. The van der Waals surface area contributed by atoms with Crippen LogP contribution in [0.5, 0.6) is 0 Å². The molecule has 0 spiro atoms. The maximum atomic E-state index is 2.64. The average molecular weight is 359 g/mol. The van der Waals surface area contributed by atoms with Crippen molar-refractivity contribution >= 4 is 5.69 Å². The fourth-order valence-electron chi connectivity index (χ4n) is 5.63. The largest absolute Gasteiger partial charge is 0.355 e. The molecule has 2 aromatic rings. The number of allylic oxidation sites excluding steroid dienone is 1. The third-order valence-corrected chi connectivity index (χ3v) is 8.46. The summed E-state index contributed by atoms with van der Waals surface area (Å²) in [4.78, 5) is 5.05. The normalized spacial score (nSPS) is 25.4. The Hall–Kier alpha value is -2.22. The van der Waals surface area contributed by atoms with E-state index in [0.29, 0.717) is 0 Å². The molecule has 0 aliphatic carbocycles. The van der Waals surface area contributed by atoms with E-state index in [1.165, 1.54) is 33.6 Å². The molecule has 3 heterocycles. The van der Waals surface area contributed by atoms with Crippen LogP contribution in [0.4, 0.5) is 5.69 Å². The SMILES string of the molecule is CN1C=C2N3c4c(cccc4C(C)(C)C(C)(C)C2(C)C)-c2ccccc2C13. The highest BCUT2D eigenvalue weighted by atomic mass is 15.4. The van der Waals surface area contributed by atoms with Crippen molar-refractivity contribution < 1.29 is 0 Å². The van der Waals surface area contributed by atoms with Crippen LogP contribution in [0.25, 0.3) is 11.1 Å². The van der Waals surface area contributed by atoms with Crippen molar-refractivity contribution in [1.82, 2.24) is 4.90 Å². The van der Waals surface area contributed by atoms with Gasteiger partial charge in [0.05, 0.1) is 5.69 Å². The van der Waals surface area contributed by atoms with Crippen LogP contribution in [0.3, 0.4) is 0 Å².